The first-order valence-electron chi connectivity index (χ1n) is 9.63. The molecule has 3 aromatic rings. The zero-order valence-electron chi connectivity index (χ0n) is 17.6. The van der Waals surface area contributed by atoms with E-state index in [9.17, 15) is 9.70 Å². The third-order valence-electron chi connectivity index (χ3n) is 5.16. The van der Waals surface area contributed by atoms with Gasteiger partial charge >= 0.3 is 5.91 Å². The van der Waals surface area contributed by atoms with Crippen LogP contribution >= 0.6 is 11.6 Å². The maximum absolute atomic E-state index is 11.9. The second-order valence-electron chi connectivity index (χ2n) is 7.20. The maximum atomic E-state index is 11.9. The molecule has 0 bridgehead atoms. The number of rotatable bonds is 5. The predicted molar refractivity (Wildman–Crippen MR) is 123 cm³/mol. The first-order valence-corrected chi connectivity index (χ1v) is 10.0. The van der Waals surface area contributed by atoms with Gasteiger partial charge in [-0.1, -0.05) is 23.7 Å². The highest BCUT2D eigenvalue weighted by Crippen LogP contribution is 2.36. The van der Waals surface area contributed by atoms with Gasteiger partial charge in [0.1, 0.15) is 0 Å². The lowest BCUT2D eigenvalue weighted by atomic mass is 10.0. The van der Waals surface area contributed by atoms with Gasteiger partial charge in [-0.25, -0.2) is 14.7 Å². The van der Waals surface area contributed by atoms with Gasteiger partial charge < -0.3 is 5.73 Å². The molecule has 3 heterocycles. The van der Waals surface area contributed by atoms with Crippen LogP contribution in [0, 0.1) is 18.8 Å². The molecule has 11 heteroatoms. The molecule has 32 heavy (non-hydrogen) atoms. The van der Waals surface area contributed by atoms with Crippen molar-refractivity contribution in [3.63, 3.8) is 0 Å². The molecule has 1 aliphatic heterocycles. The van der Waals surface area contributed by atoms with Crippen molar-refractivity contribution in [1.82, 2.24) is 19.6 Å². The zero-order chi connectivity index (χ0) is 23.0. The molecule has 10 nitrogen and oxygen atoms in total. The molecule has 2 N–H and O–H groups in total. The van der Waals surface area contributed by atoms with Gasteiger partial charge in [0.05, 0.1) is 34.7 Å². The molecular formula is C21H19ClN8O2. The molecule has 1 aliphatic rings. The van der Waals surface area contributed by atoms with Gasteiger partial charge in [0.25, 0.3) is 0 Å². The molecule has 0 radical (unpaired) electrons. The molecule has 0 aliphatic carbocycles. The van der Waals surface area contributed by atoms with Crippen LogP contribution in [0.3, 0.4) is 0 Å². The summed E-state index contributed by atoms with van der Waals surface area (Å²) in [6, 6.07) is 7.54. The summed E-state index contributed by atoms with van der Waals surface area (Å²) < 4.78 is 3.23. The van der Waals surface area contributed by atoms with Gasteiger partial charge in [0.15, 0.2) is 11.6 Å². The maximum Gasteiger partial charge on any atom is 0.320 e. The Hall–Kier alpha value is -3.92. The standard InChI is InChI=1S/C21H19ClN8O2/c1-11-18(21(31)28-32)12(2)30(26-11)17(24-10-23)9-15-8-16-19(29(3)27-20(16)25-15)13-4-6-14(22)7-5-13/h4-7,9-10H,8H2,1-3H3,(H2,23,24). The molecule has 1 aromatic carbocycles. The summed E-state index contributed by atoms with van der Waals surface area (Å²) >= 11 is 6.02. The van der Waals surface area contributed by atoms with E-state index >= 15 is 0 Å². The van der Waals surface area contributed by atoms with E-state index in [1.165, 1.54) is 4.68 Å². The molecule has 0 atom stereocenters. The van der Waals surface area contributed by atoms with Crippen LogP contribution in [-0.4, -0.2) is 37.5 Å². The number of hydrogen-bond donors (Lipinski definition) is 1. The van der Waals surface area contributed by atoms with E-state index in [4.69, 9.17) is 17.3 Å². The summed E-state index contributed by atoms with van der Waals surface area (Å²) in [6.45, 7) is 3.28. The normalized spacial score (nSPS) is 13.5. The Morgan fingerprint density at radius 3 is 2.59 bits per heavy atom. The number of aliphatic imine (C=N–C) groups is 2. The first-order chi connectivity index (χ1) is 15.3. The van der Waals surface area contributed by atoms with E-state index in [1.54, 1.807) is 24.6 Å². The molecule has 1 amide bonds. The molecule has 4 rings (SSSR count). The van der Waals surface area contributed by atoms with Crippen LogP contribution in [0.2, 0.25) is 5.02 Å². The van der Waals surface area contributed by atoms with Crippen molar-refractivity contribution >= 4 is 41.2 Å². The highest BCUT2D eigenvalue weighted by Gasteiger charge is 2.25. The van der Waals surface area contributed by atoms with E-state index < -0.39 is 5.91 Å². The zero-order valence-corrected chi connectivity index (χ0v) is 18.3. The van der Waals surface area contributed by atoms with Crippen LogP contribution in [0.4, 0.5) is 5.82 Å². The van der Waals surface area contributed by atoms with Crippen LogP contribution in [-0.2, 0) is 13.5 Å². The molecule has 0 unspecified atom stereocenters. The number of allylic oxidation sites excluding steroid dienone is 1. The van der Waals surface area contributed by atoms with E-state index in [2.05, 4.69) is 25.4 Å². The molecule has 162 valence electrons. The second kappa shape index (κ2) is 8.31. The molecule has 0 fully saturated rings. The Morgan fingerprint density at radius 2 is 1.94 bits per heavy atom. The van der Waals surface area contributed by atoms with Crippen LogP contribution in [0.25, 0.3) is 17.1 Å². The molecular weight excluding hydrogens is 432 g/mol. The van der Waals surface area contributed by atoms with Crippen LogP contribution < -0.4 is 5.73 Å². The fraction of sp³-hybridized carbons (Fsp3) is 0.190. The Balaban J connectivity index is 1.73. The first kappa shape index (κ1) is 21.3. The fourth-order valence-electron chi connectivity index (χ4n) is 3.81. The van der Waals surface area contributed by atoms with Crippen LogP contribution in [0.15, 0.2) is 45.5 Å². The Labute approximate surface area is 188 Å². The van der Waals surface area contributed by atoms with Gasteiger partial charge in [-0.15, -0.1) is 4.91 Å². The number of aromatic nitrogens is 4. The lowest BCUT2D eigenvalue weighted by Crippen LogP contribution is -2.07. The summed E-state index contributed by atoms with van der Waals surface area (Å²) in [6.07, 6.45) is 3.37. The van der Waals surface area contributed by atoms with Crippen molar-refractivity contribution in [3.8, 4) is 11.3 Å². The van der Waals surface area contributed by atoms with Crippen molar-refractivity contribution in [2.75, 3.05) is 0 Å². The van der Waals surface area contributed by atoms with Gasteiger partial charge in [-0.2, -0.15) is 10.2 Å². The van der Waals surface area contributed by atoms with Gasteiger partial charge in [-0.3, -0.25) is 9.48 Å². The Kier molecular flexibility index (Phi) is 5.54. The number of halogens is 1. The van der Waals surface area contributed by atoms with Gasteiger partial charge in [-0.05, 0) is 26.0 Å². The number of hydrogen-bond acceptors (Lipinski definition) is 6. The minimum Gasteiger partial charge on any atom is -0.390 e. The third kappa shape index (κ3) is 3.65. The Morgan fingerprint density at radius 1 is 1.22 bits per heavy atom. The van der Waals surface area contributed by atoms with E-state index in [0.29, 0.717) is 40.2 Å². The molecule has 0 spiro atoms. The summed E-state index contributed by atoms with van der Waals surface area (Å²) in [7, 11) is 1.87. The SMILES string of the molecule is Cc1nn(C(=CC2=Nc3nn(C)c(-c4ccc(Cl)cc4)c3C2)N=CN)c(C)c1C(=O)N=O. The topological polar surface area (TPSA) is 133 Å². The summed E-state index contributed by atoms with van der Waals surface area (Å²) in [4.78, 5) is 31.4. The second-order valence-corrected chi connectivity index (χ2v) is 7.63. The van der Waals surface area contributed by atoms with E-state index in [1.807, 2.05) is 31.3 Å². The van der Waals surface area contributed by atoms with Crippen LogP contribution in [0.1, 0.15) is 27.3 Å². The monoisotopic (exact) mass is 450 g/mol. The number of nitrogens with zero attached hydrogens (tertiary/aromatic N) is 7. The largest absolute Gasteiger partial charge is 0.390 e. The summed E-state index contributed by atoms with van der Waals surface area (Å²) in [5.74, 6) is 0.0822. The summed E-state index contributed by atoms with van der Waals surface area (Å²) in [5, 5.41) is 12.0. The number of nitroso groups, excluding NO2 is 1. The average Bonchev–Trinajstić information content (AvgIpc) is 3.37. The molecule has 0 saturated carbocycles. The Bertz CT molecular complexity index is 1330. The van der Waals surface area contributed by atoms with Gasteiger partial charge in [0.2, 0.25) is 0 Å². The lowest BCUT2D eigenvalue weighted by molar-refractivity contribution is 0.0999. The minimum atomic E-state index is -0.884. The minimum absolute atomic E-state index is 0.141. The molecule has 2 aromatic heterocycles. The average molecular weight is 451 g/mol. The smallest absolute Gasteiger partial charge is 0.320 e. The van der Waals surface area contributed by atoms with Crippen molar-refractivity contribution in [2.24, 2.45) is 27.9 Å². The number of aryl methyl sites for hydroxylation is 2. The third-order valence-corrected chi connectivity index (χ3v) is 5.41. The number of nitrogens with two attached hydrogens (primary N) is 1. The van der Waals surface area contributed by atoms with Gasteiger partial charge in [0, 0.05) is 40.9 Å². The number of fused-ring (bicyclic) bond motifs is 1. The number of amides is 1. The molecule has 0 saturated heterocycles. The number of benzene rings is 1. The highest BCUT2D eigenvalue weighted by molar-refractivity contribution is 6.30. The van der Waals surface area contributed by atoms with Crippen molar-refractivity contribution in [3.05, 3.63) is 62.8 Å². The number of carbonyl (C=O) groups is 1. The predicted octanol–water partition coefficient (Wildman–Crippen LogP) is 3.57. The van der Waals surface area contributed by atoms with E-state index in [0.717, 1.165) is 23.2 Å². The van der Waals surface area contributed by atoms with Crippen molar-refractivity contribution < 1.29 is 4.79 Å². The van der Waals surface area contributed by atoms with Crippen LogP contribution in [0.5, 0.6) is 0 Å². The van der Waals surface area contributed by atoms with Crippen molar-refractivity contribution in [1.29, 1.82) is 0 Å². The fourth-order valence-corrected chi connectivity index (χ4v) is 3.94. The van der Waals surface area contributed by atoms with Crippen molar-refractivity contribution in [2.45, 2.75) is 20.3 Å². The summed E-state index contributed by atoms with van der Waals surface area (Å²) in [5.41, 5.74) is 10.1. The van der Waals surface area contributed by atoms with E-state index in [-0.39, 0.29) is 5.56 Å². The highest BCUT2D eigenvalue weighted by atomic mass is 35.5. The quantitative estimate of drug-likeness (QED) is 0.360. The lowest BCUT2D eigenvalue weighted by Gasteiger charge is -2.07. The number of carbonyl (C=O) groups excluding carboxylic acids is 1.